The van der Waals surface area contributed by atoms with Gasteiger partial charge >= 0.3 is 0 Å². The minimum absolute atomic E-state index is 0.0460. The van der Waals surface area contributed by atoms with Crippen molar-refractivity contribution in [2.75, 3.05) is 11.9 Å². The zero-order valence-corrected chi connectivity index (χ0v) is 12.9. The molecule has 1 aliphatic carbocycles. The third kappa shape index (κ3) is 3.48. The predicted octanol–water partition coefficient (Wildman–Crippen LogP) is 3.89. The molecule has 114 valence electrons. The molecule has 3 heteroatoms. The number of benzene rings is 2. The summed E-state index contributed by atoms with van der Waals surface area (Å²) in [7, 11) is 0. The number of carbonyl (C=O) groups is 1. The fraction of sp³-hybridized carbons (Fsp3) is 0.316. The van der Waals surface area contributed by atoms with Gasteiger partial charge in [-0.3, -0.25) is 4.79 Å². The van der Waals surface area contributed by atoms with Gasteiger partial charge < -0.3 is 10.1 Å². The van der Waals surface area contributed by atoms with Gasteiger partial charge in [0.15, 0.2) is 6.61 Å². The van der Waals surface area contributed by atoms with Crippen molar-refractivity contribution in [2.45, 2.75) is 32.6 Å². The topological polar surface area (TPSA) is 38.3 Å². The van der Waals surface area contributed by atoms with E-state index in [1.54, 1.807) is 0 Å². The molecule has 0 atom stereocenters. The van der Waals surface area contributed by atoms with Crippen LogP contribution in [0.3, 0.4) is 0 Å². The fourth-order valence-electron chi connectivity index (χ4n) is 2.86. The first-order valence-corrected chi connectivity index (χ1v) is 7.82. The first-order chi connectivity index (χ1) is 10.7. The molecule has 0 spiro atoms. The number of ether oxygens (including phenoxy) is 1. The number of anilines is 1. The summed E-state index contributed by atoms with van der Waals surface area (Å²) in [6.45, 7) is 2.07. The quantitative estimate of drug-likeness (QED) is 0.929. The smallest absolute Gasteiger partial charge is 0.262 e. The fourth-order valence-corrected chi connectivity index (χ4v) is 2.86. The SMILES string of the molecule is Cc1ccc(NC(=O)COc2cccc3c2CCCC3)cc1. The van der Waals surface area contributed by atoms with Crippen LogP contribution in [0.25, 0.3) is 0 Å². The highest BCUT2D eigenvalue weighted by Crippen LogP contribution is 2.29. The highest BCUT2D eigenvalue weighted by atomic mass is 16.5. The lowest BCUT2D eigenvalue weighted by atomic mass is 9.91. The number of hydrogen-bond donors (Lipinski definition) is 1. The van der Waals surface area contributed by atoms with Crippen LogP contribution in [-0.4, -0.2) is 12.5 Å². The maximum atomic E-state index is 12.0. The van der Waals surface area contributed by atoms with Crippen LogP contribution in [0.1, 0.15) is 29.5 Å². The van der Waals surface area contributed by atoms with E-state index in [2.05, 4.69) is 11.4 Å². The summed E-state index contributed by atoms with van der Waals surface area (Å²) in [5.41, 5.74) is 4.61. The Hall–Kier alpha value is -2.29. The molecule has 0 radical (unpaired) electrons. The summed E-state index contributed by atoms with van der Waals surface area (Å²) in [5, 5.41) is 2.86. The van der Waals surface area contributed by atoms with Gasteiger partial charge in [0, 0.05) is 5.69 Å². The predicted molar refractivity (Wildman–Crippen MR) is 88.4 cm³/mol. The summed E-state index contributed by atoms with van der Waals surface area (Å²) in [4.78, 5) is 12.0. The molecule has 0 saturated carbocycles. The van der Waals surface area contributed by atoms with E-state index >= 15 is 0 Å². The Morgan fingerprint density at radius 3 is 2.68 bits per heavy atom. The molecule has 0 bridgehead atoms. The molecule has 1 N–H and O–H groups in total. The first-order valence-electron chi connectivity index (χ1n) is 7.82. The number of hydrogen-bond acceptors (Lipinski definition) is 2. The second-order valence-electron chi connectivity index (χ2n) is 5.80. The highest BCUT2D eigenvalue weighted by Gasteiger charge is 2.14. The molecule has 0 saturated heterocycles. The molecule has 1 aliphatic rings. The van der Waals surface area contributed by atoms with Crippen molar-refractivity contribution >= 4 is 11.6 Å². The van der Waals surface area contributed by atoms with Crippen molar-refractivity contribution in [1.82, 2.24) is 0 Å². The molecule has 0 aliphatic heterocycles. The summed E-state index contributed by atoms with van der Waals surface area (Å²) >= 11 is 0. The van der Waals surface area contributed by atoms with Gasteiger partial charge in [0.2, 0.25) is 0 Å². The Bertz CT molecular complexity index is 662. The highest BCUT2D eigenvalue weighted by molar-refractivity contribution is 5.91. The monoisotopic (exact) mass is 295 g/mol. The van der Waals surface area contributed by atoms with Crippen LogP contribution in [0.5, 0.6) is 5.75 Å². The van der Waals surface area contributed by atoms with Crippen molar-refractivity contribution in [3.05, 3.63) is 59.2 Å². The molecule has 2 aromatic rings. The van der Waals surface area contributed by atoms with Gasteiger partial charge in [-0.15, -0.1) is 0 Å². The molecule has 0 unspecified atom stereocenters. The number of aryl methyl sites for hydroxylation is 2. The molecule has 2 aromatic carbocycles. The largest absolute Gasteiger partial charge is 0.483 e. The Morgan fingerprint density at radius 2 is 1.86 bits per heavy atom. The van der Waals surface area contributed by atoms with E-state index in [-0.39, 0.29) is 12.5 Å². The average Bonchev–Trinajstić information content (AvgIpc) is 2.55. The van der Waals surface area contributed by atoms with Crippen LogP contribution >= 0.6 is 0 Å². The van der Waals surface area contributed by atoms with E-state index in [4.69, 9.17) is 4.74 Å². The molecule has 0 aromatic heterocycles. The zero-order chi connectivity index (χ0) is 15.4. The first kappa shape index (κ1) is 14.6. The second kappa shape index (κ2) is 6.65. The molecule has 3 rings (SSSR count). The van der Waals surface area contributed by atoms with E-state index in [0.29, 0.717) is 0 Å². The minimum Gasteiger partial charge on any atom is -0.483 e. The van der Waals surface area contributed by atoms with Crippen LogP contribution in [0, 0.1) is 6.92 Å². The van der Waals surface area contributed by atoms with E-state index < -0.39 is 0 Å². The normalized spacial score (nSPS) is 13.3. The second-order valence-corrected chi connectivity index (χ2v) is 5.80. The van der Waals surface area contributed by atoms with Crippen molar-refractivity contribution in [3.63, 3.8) is 0 Å². The number of amides is 1. The molecule has 0 heterocycles. The maximum absolute atomic E-state index is 12.0. The van der Waals surface area contributed by atoms with E-state index in [1.807, 2.05) is 43.3 Å². The Morgan fingerprint density at radius 1 is 1.09 bits per heavy atom. The lowest BCUT2D eigenvalue weighted by Crippen LogP contribution is -2.21. The van der Waals surface area contributed by atoms with Crippen molar-refractivity contribution in [2.24, 2.45) is 0 Å². The Balaban J connectivity index is 1.60. The van der Waals surface area contributed by atoms with E-state index in [1.165, 1.54) is 29.5 Å². The minimum atomic E-state index is -0.128. The van der Waals surface area contributed by atoms with Gasteiger partial charge in [-0.05, 0) is 61.9 Å². The lowest BCUT2D eigenvalue weighted by Gasteiger charge is -2.19. The Kier molecular flexibility index (Phi) is 4.42. The van der Waals surface area contributed by atoms with Crippen molar-refractivity contribution < 1.29 is 9.53 Å². The molecule has 22 heavy (non-hydrogen) atoms. The van der Waals surface area contributed by atoms with Crippen LogP contribution < -0.4 is 10.1 Å². The lowest BCUT2D eigenvalue weighted by molar-refractivity contribution is -0.118. The van der Waals surface area contributed by atoms with Crippen LogP contribution in [0.4, 0.5) is 5.69 Å². The summed E-state index contributed by atoms with van der Waals surface area (Å²) in [6, 6.07) is 13.9. The average molecular weight is 295 g/mol. The van der Waals surface area contributed by atoms with Crippen LogP contribution in [-0.2, 0) is 17.6 Å². The molecule has 0 fully saturated rings. The summed E-state index contributed by atoms with van der Waals surface area (Å²) in [5.74, 6) is 0.730. The van der Waals surface area contributed by atoms with Gasteiger partial charge in [-0.25, -0.2) is 0 Å². The van der Waals surface area contributed by atoms with Gasteiger partial charge in [0.1, 0.15) is 5.75 Å². The van der Waals surface area contributed by atoms with Gasteiger partial charge in [-0.1, -0.05) is 29.8 Å². The maximum Gasteiger partial charge on any atom is 0.262 e. The van der Waals surface area contributed by atoms with E-state index in [0.717, 1.165) is 24.3 Å². The summed E-state index contributed by atoms with van der Waals surface area (Å²) < 4.78 is 5.75. The molecule has 3 nitrogen and oxygen atoms in total. The van der Waals surface area contributed by atoms with Gasteiger partial charge in [0.05, 0.1) is 0 Å². The van der Waals surface area contributed by atoms with Crippen molar-refractivity contribution in [3.8, 4) is 5.75 Å². The number of rotatable bonds is 4. The van der Waals surface area contributed by atoms with Crippen LogP contribution in [0.15, 0.2) is 42.5 Å². The molecular weight excluding hydrogens is 274 g/mol. The van der Waals surface area contributed by atoms with E-state index in [9.17, 15) is 4.79 Å². The number of fused-ring (bicyclic) bond motifs is 1. The third-order valence-electron chi connectivity index (χ3n) is 4.05. The molecule has 1 amide bonds. The van der Waals surface area contributed by atoms with Gasteiger partial charge in [0.25, 0.3) is 5.91 Å². The van der Waals surface area contributed by atoms with Crippen LogP contribution in [0.2, 0.25) is 0 Å². The zero-order valence-electron chi connectivity index (χ0n) is 12.9. The Labute approximate surface area is 131 Å². The third-order valence-corrected chi connectivity index (χ3v) is 4.05. The van der Waals surface area contributed by atoms with Gasteiger partial charge in [-0.2, -0.15) is 0 Å². The van der Waals surface area contributed by atoms with Crippen molar-refractivity contribution in [1.29, 1.82) is 0 Å². The molecular formula is C19H21NO2. The number of nitrogens with one attached hydrogen (secondary N) is 1. The number of carbonyl (C=O) groups excluding carboxylic acids is 1. The summed E-state index contributed by atoms with van der Waals surface area (Å²) in [6.07, 6.45) is 4.60. The standard InChI is InChI=1S/C19H21NO2/c1-14-9-11-16(12-10-14)20-19(21)13-22-18-8-4-6-15-5-2-3-7-17(15)18/h4,6,8-12H,2-3,5,7,13H2,1H3,(H,20,21).